The second-order valence-corrected chi connectivity index (χ2v) is 6.77. The van der Waals surface area contributed by atoms with Crippen LogP contribution in [0.1, 0.15) is 32.8 Å². The lowest BCUT2D eigenvalue weighted by Crippen LogP contribution is -2.21. The van der Waals surface area contributed by atoms with E-state index in [-0.39, 0.29) is 5.91 Å². The van der Waals surface area contributed by atoms with E-state index >= 15 is 0 Å². The highest BCUT2D eigenvalue weighted by atomic mass is 16.5. The topological polar surface area (TPSA) is 45.1 Å². The minimum absolute atomic E-state index is 0.109. The van der Waals surface area contributed by atoms with E-state index < -0.39 is 0 Å². The van der Waals surface area contributed by atoms with E-state index in [1.807, 2.05) is 81.4 Å². The molecule has 5 nitrogen and oxygen atoms in total. The summed E-state index contributed by atoms with van der Waals surface area (Å²) in [6.45, 7) is 7.55. The summed E-state index contributed by atoms with van der Waals surface area (Å²) < 4.78 is 5.75. The molecule has 0 saturated carbocycles. The van der Waals surface area contributed by atoms with Gasteiger partial charge in [-0.2, -0.15) is 10.1 Å². The summed E-state index contributed by atoms with van der Waals surface area (Å²) >= 11 is 0. The van der Waals surface area contributed by atoms with Gasteiger partial charge in [0, 0.05) is 6.54 Å². The van der Waals surface area contributed by atoms with E-state index in [0.29, 0.717) is 17.9 Å². The number of para-hydroxylation sites is 1. The number of hydrogen-bond donors (Lipinski definition) is 0. The summed E-state index contributed by atoms with van der Waals surface area (Å²) in [7, 11) is 4.10. The van der Waals surface area contributed by atoms with Crippen LogP contribution in [0.15, 0.2) is 65.3 Å². The first-order valence-corrected chi connectivity index (χ1v) is 10.1. The van der Waals surface area contributed by atoms with Gasteiger partial charge in [-0.05, 0) is 63.3 Å². The zero-order valence-electron chi connectivity index (χ0n) is 18.1. The van der Waals surface area contributed by atoms with E-state index in [0.717, 1.165) is 30.0 Å². The molecule has 0 radical (unpaired) electrons. The number of nitrogens with zero attached hydrogens (tertiary/aromatic N) is 3. The third-order valence-electron chi connectivity index (χ3n) is 4.27. The Balaban J connectivity index is 0.00000145. The van der Waals surface area contributed by atoms with Gasteiger partial charge < -0.3 is 9.64 Å². The molecular formula is C24H31N3O2. The van der Waals surface area contributed by atoms with Gasteiger partial charge in [-0.1, -0.05) is 44.2 Å². The highest BCUT2D eigenvalue weighted by Gasteiger charge is 2.28. The predicted octanol–water partition coefficient (Wildman–Crippen LogP) is 4.85. The molecule has 0 N–H and O–H groups in total. The molecule has 1 aliphatic heterocycles. The monoisotopic (exact) mass is 393 g/mol. The minimum Gasteiger partial charge on any atom is -0.494 e. The highest BCUT2D eigenvalue weighted by molar-refractivity contribution is 6.32. The Morgan fingerprint density at radius 1 is 1.03 bits per heavy atom. The van der Waals surface area contributed by atoms with Crippen molar-refractivity contribution in [3.05, 3.63) is 65.7 Å². The second kappa shape index (κ2) is 11.2. The van der Waals surface area contributed by atoms with Crippen molar-refractivity contribution in [2.75, 3.05) is 32.3 Å². The fourth-order valence-electron chi connectivity index (χ4n) is 2.83. The maximum Gasteiger partial charge on any atom is 0.280 e. The van der Waals surface area contributed by atoms with Gasteiger partial charge in [-0.25, -0.2) is 0 Å². The molecule has 0 bridgehead atoms. The average Bonchev–Trinajstić information content (AvgIpc) is 3.02. The number of carbonyl (C=O) groups excluding carboxylic acids is 1. The van der Waals surface area contributed by atoms with Crippen molar-refractivity contribution >= 4 is 23.4 Å². The minimum atomic E-state index is -0.109. The fraction of sp³-hybridized carbons (Fsp3) is 0.333. The maximum absolute atomic E-state index is 12.7. The summed E-state index contributed by atoms with van der Waals surface area (Å²) in [5.41, 5.74) is 3.04. The molecule has 3 rings (SSSR count). The van der Waals surface area contributed by atoms with Crippen LogP contribution in [-0.2, 0) is 4.79 Å². The summed E-state index contributed by atoms with van der Waals surface area (Å²) in [6.07, 6.45) is 2.86. The van der Waals surface area contributed by atoms with Gasteiger partial charge in [0.25, 0.3) is 5.91 Å². The van der Waals surface area contributed by atoms with Gasteiger partial charge in [-0.15, -0.1) is 0 Å². The van der Waals surface area contributed by atoms with E-state index in [4.69, 9.17) is 4.74 Å². The molecule has 0 fully saturated rings. The number of hydrogen-bond acceptors (Lipinski definition) is 4. The molecule has 5 heteroatoms. The number of ether oxygens (including phenoxy) is 1. The number of hydrazone groups is 1. The van der Waals surface area contributed by atoms with Crippen LogP contribution in [0.2, 0.25) is 0 Å². The molecule has 0 aromatic heterocycles. The van der Waals surface area contributed by atoms with Crippen molar-refractivity contribution in [3.63, 3.8) is 0 Å². The van der Waals surface area contributed by atoms with Crippen molar-refractivity contribution in [1.82, 2.24) is 4.90 Å². The van der Waals surface area contributed by atoms with Crippen molar-refractivity contribution in [1.29, 1.82) is 0 Å². The van der Waals surface area contributed by atoms with Crippen molar-refractivity contribution in [3.8, 4) is 5.75 Å². The molecule has 29 heavy (non-hydrogen) atoms. The van der Waals surface area contributed by atoms with Crippen LogP contribution in [0.5, 0.6) is 5.75 Å². The number of amides is 1. The van der Waals surface area contributed by atoms with Crippen LogP contribution in [0.4, 0.5) is 5.69 Å². The largest absolute Gasteiger partial charge is 0.494 e. The first kappa shape index (κ1) is 22.4. The Labute approximate surface area is 174 Å². The number of benzene rings is 2. The summed E-state index contributed by atoms with van der Waals surface area (Å²) in [4.78, 5) is 14.9. The van der Waals surface area contributed by atoms with Gasteiger partial charge in [0.15, 0.2) is 0 Å². The summed E-state index contributed by atoms with van der Waals surface area (Å²) in [6, 6.07) is 17.2. The van der Waals surface area contributed by atoms with Crippen molar-refractivity contribution in [2.45, 2.75) is 27.2 Å². The van der Waals surface area contributed by atoms with Gasteiger partial charge in [0.1, 0.15) is 5.75 Å². The Bertz CT molecular complexity index is 840. The number of anilines is 1. The SMILES string of the molecule is CC.CC1=NN(c2ccccc2)C(=O)/C1=C\c1ccc(OCCCN(C)C)cc1. The fourth-order valence-corrected chi connectivity index (χ4v) is 2.83. The first-order chi connectivity index (χ1) is 14.0. The molecule has 1 aliphatic rings. The molecule has 0 atom stereocenters. The molecular weight excluding hydrogens is 362 g/mol. The zero-order chi connectivity index (χ0) is 21.2. The Kier molecular flexibility index (Phi) is 8.62. The predicted molar refractivity (Wildman–Crippen MR) is 121 cm³/mol. The third kappa shape index (κ3) is 6.29. The van der Waals surface area contributed by atoms with Crippen LogP contribution in [0.25, 0.3) is 6.08 Å². The lowest BCUT2D eigenvalue weighted by molar-refractivity contribution is -0.114. The molecule has 0 spiro atoms. The van der Waals surface area contributed by atoms with Gasteiger partial charge in [0.05, 0.1) is 23.6 Å². The molecule has 0 saturated heterocycles. The normalized spacial score (nSPS) is 14.7. The van der Waals surface area contributed by atoms with Gasteiger partial charge in [-0.3, -0.25) is 4.79 Å². The molecule has 0 aliphatic carbocycles. The molecule has 2 aromatic carbocycles. The molecule has 154 valence electrons. The van der Waals surface area contributed by atoms with E-state index in [9.17, 15) is 4.79 Å². The van der Waals surface area contributed by atoms with Crippen LogP contribution in [0, 0.1) is 0 Å². The van der Waals surface area contributed by atoms with Gasteiger partial charge >= 0.3 is 0 Å². The quantitative estimate of drug-likeness (QED) is 0.499. The van der Waals surface area contributed by atoms with E-state index in [1.165, 1.54) is 5.01 Å². The Morgan fingerprint density at radius 2 is 1.69 bits per heavy atom. The summed E-state index contributed by atoms with van der Waals surface area (Å²) in [5.74, 6) is 0.729. The van der Waals surface area contributed by atoms with E-state index in [1.54, 1.807) is 0 Å². The van der Waals surface area contributed by atoms with Crippen LogP contribution in [0.3, 0.4) is 0 Å². The first-order valence-electron chi connectivity index (χ1n) is 10.1. The number of rotatable bonds is 7. The summed E-state index contributed by atoms with van der Waals surface area (Å²) in [5, 5.41) is 5.85. The van der Waals surface area contributed by atoms with Gasteiger partial charge in [0.2, 0.25) is 0 Å². The number of carbonyl (C=O) groups is 1. The molecule has 0 unspecified atom stereocenters. The maximum atomic E-state index is 12.7. The smallest absolute Gasteiger partial charge is 0.280 e. The van der Waals surface area contributed by atoms with Crippen molar-refractivity contribution < 1.29 is 9.53 Å². The van der Waals surface area contributed by atoms with E-state index in [2.05, 4.69) is 24.1 Å². The molecule has 1 amide bonds. The second-order valence-electron chi connectivity index (χ2n) is 6.77. The standard InChI is InChI=1S/C22H25N3O2.C2H6/c1-17-21(22(26)25(23-17)19-8-5-4-6-9-19)16-18-10-12-20(13-11-18)27-15-7-14-24(2)3;1-2/h4-6,8-13,16H,7,14-15H2,1-3H3;1-2H3/b21-16-;. The van der Waals surface area contributed by atoms with Crippen LogP contribution in [-0.4, -0.2) is 43.8 Å². The zero-order valence-corrected chi connectivity index (χ0v) is 18.1. The third-order valence-corrected chi connectivity index (χ3v) is 4.27. The lowest BCUT2D eigenvalue weighted by atomic mass is 10.1. The highest BCUT2D eigenvalue weighted by Crippen LogP contribution is 2.25. The Hall–Kier alpha value is -2.92. The van der Waals surface area contributed by atoms with Crippen LogP contribution < -0.4 is 9.75 Å². The Morgan fingerprint density at radius 3 is 2.31 bits per heavy atom. The van der Waals surface area contributed by atoms with Crippen LogP contribution >= 0.6 is 0 Å². The molecule has 2 aromatic rings. The average molecular weight is 394 g/mol. The molecule has 1 heterocycles. The van der Waals surface area contributed by atoms with Crippen molar-refractivity contribution in [2.24, 2.45) is 5.10 Å². The lowest BCUT2D eigenvalue weighted by Gasteiger charge is -2.11.